The lowest BCUT2D eigenvalue weighted by Crippen LogP contribution is -2.44. The third kappa shape index (κ3) is 4.44. The van der Waals surface area contributed by atoms with E-state index >= 15 is 0 Å². The molecular formula is C14H26N2O3. The largest absolute Gasteiger partial charge is 0.382 e. The Morgan fingerprint density at radius 1 is 1.26 bits per heavy atom. The van der Waals surface area contributed by atoms with E-state index in [-0.39, 0.29) is 11.9 Å². The molecule has 3 atom stereocenters. The van der Waals surface area contributed by atoms with Crippen molar-refractivity contribution >= 4 is 5.91 Å². The van der Waals surface area contributed by atoms with Gasteiger partial charge in [-0.25, -0.2) is 0 Å². The molecule has 1 aliphatic heterocycles. The van der Waals surface area contributed by atoms with Crippen LogP contribution in [0, 0.1) is 5.92 Å². The number of amides is 1. The van der Waals surface area contributed by atoms with Gasteiger partial charge in [0, 0.05) is 19.7 Å². The zero-order chi connectivity index (χ0) is 13.5. The van der Waals surface area contributed by atoms with E-state index in [1.165, 1.54) is 25.7 Å². The molecule has 5 nitrogen and oxygen atoms in total. The summed E-state index contributed by atoms with van der Waals surface area (Å²) in [5.41, 5.74) is 0. The highest BCUT2D eigenvalue weighted by Crippen LogP contribution is 2.33. The molecule has 0 spiro atoms. The van der Waals surface area contributed by atoms with Gasteiger partial charge in [0.05, 0.1) is 25.9 Å². The Labute approximate surface area is 115 Å². The Morgan fingerprint density at radius 2 is 2.11 bits per heavy atom. The zero-order valence-electron chi connectivity index (χ0n) is 11.8. The van der Waals surface area contributed by atoms with Gasteiger partial charge in [-0.2, -0.15) is 0 Å². The maximum absolute atomic E-state index is 12.0. The highest BCUT2D eigenvalue weighted by atomic mass is 16.5. The summed E-state index contributed by atoms with van der Waals surface area (Å²) < 4.78 is 10.2. The predicted octanol–water partition coefficient (Wildman–Crippen LogP) is 0.686. The van der Waals surface area contributed by atoms with Crippen LogP contribution in [0.25, 0.3) is 0 Å². The highest BCUT2D eigenvalue weighted by molar-refractivity contribution is 5.82. The number of carbonyl (C=O) groups excluding carboxylic acids is 1. The molecule has 0 radical (unpaired) electrons. The van der Waals surface area contributed by atoms with Crippen LogP contribution in [-0.2, 0) is 14.3 Å². The van der Waals surface area contributed by atoms with E-state index in [9.17, 15) is 4.79 Å². The molecule has 1 amide bonds. The first-order valence-electron chi connectivity index (χ1n) is 7.41. The molecule has 2 aliphatic rings. The van der Waals surface area contributed by atoms with E-state index < -0.39 is 0 Å². The van der Waals surface area contributed by atoms with Crippen LogP contribution in [0.4, 0.5) is 0 Å². The predicted molar refractivity (Wildman–Crippen MR) is 73.0 cm³/mol. The topological polar surface area (TPSA) is 59.6 Å². The number of nitrogens with one attached hydrogen (secondary N) is 2. The number of ether oxygens (including phenoxy) is 2. The quantitative estimate of drug-likeness (QED) is 0.668. The van der Waals surface area contributed by atoms with Crippen molar-refractivity contribution in [1.82, 2.24) is 10.6 Å². The van der Waals surface area contributed by atoms with E-state index in [4.69, 9.17) is 9.47 Å². The molecule has 2 fully saturated rings. The molecule has 5 heteroatoms. The van der Waals surface area contributed by atoms with Crippen molar-refractivity contribution in [3.8, 4) is 0 Å². The monoisotopic (exact) mass is 270 g/mol. The van der Waals surface area contributed by atoms with Crippen molar-refractivity contribution in [3.05, 3.63) is 0 Å². The van der Waals surface area contributed by atoms with Gasteiger partial charge < -0.3 is 20.1 Å². The number of carbonyl (C=O) groups is 1. The third-order valence-corrected chi connectivity index (χ3v) is 4.16. The fourth-order valence-electron chi connectivity index (χ4n) is 3.14. The minimum Gasteiger partial charge on any atom is -0.382 e. The lowest BCUT2D eigenvalue weighted by molar-refractivity contribution is -0.123. The molecule has 19 heavy (non-hydrogen) atoms. The van der Waals surface area contributed by atoms with Crippen LogP contribution in [-0.4, -0.2) is 51.5 Å². The first kappa shape index (κ1) is 14.8. The Kier molecular flexibility index (Phi) is 6.07. The molecule has 0 aromatic carbocycles. The van der Waals surface area contributed by atoms with Crippen molar-refractivity contribution in [2.75, 3.05) is 33.5 Å². The van der Waals surface area contributed by atoms with Crippen molar-refractivity contribution < 1.29 is 14.3 Å². The molecule has 0 bridgehead atoms. The molecule has 2 N–H and O–H groups in total. The number of fused-ring (bicyclic) bond motifs is 1. The minimum atomic E-state index is 0.00655. The van der Waals surface area contributed by atoms with Gasteiger partial charge in [0.15, 0.2) is 0 Å². The summed E-state index contributed by atoms with van der Waals surface area (Å²) in [6, 6.07) is 0.578. The van der Waals surface area contributed by atoms with Crippen LogP contribution in [0.2, 0.25) is 0 Å². The van der Waals surface area contributed by atoms with E-state index in [0.29, 0.717) is 38.3 Å². The van der Waals surface area contributed by atoms with Gasteiger partial charge in [-0.15, -0.1) is 0 Å². The summed E-state index contributed by atoms with van der Waals surface area (Å²) in [5, 5.41) is 6.42. The van der Waals surface area contributed by atoms with Crippen molar-refractivity contribution in [3.63, 3.8) is 0 Å². The fourth-order valence-corrected chi connectivity index (χ4v) is 3.14. The SMILES string of the molecule is COCCOCCNC(=O)C1CC2CCCCC2N1. The van der Waals surface area contributed by atoms with E-state index in [0.717, 1.165) is 6.42 Å². The summed E-state index contributed by atoms with van der Waals surface area (Å²) in [5.74, 6) is 0.840. The van der Waals surface area contributed by atoms with Crippen LogP contribution in [0.5, 0.6) is 0 Å². The average Bonchev–Trinajstić information content (AvgIpc) is 2.86. The summed E-state index contributed by atoms with van der Waals surface area (Å²) in [6.07, 6.45) is 6.14. The molecule has 1 aliphatic carbocycles. The smallest absolute Gasteiger partial charge is 0.237 e. The maximum atomic E-state index is 12.0. The first-order valence-corrected chi connectivity index (χ1v) is 7.41. The standard InChI is InChI=1S/C14H26N2O3/c1-18-8-9-19-7-6-15-14(17)13-10-11-4-2-3-5-12(11)16-13/h11-13,16H,2-10H2,1H3,(H,15,17). The second-order valence-corrected chi connectivity index (χ2v) is 5.50. The molecule has 2 rings (SSSR count). The Bertz CT molecular complexity index is 272. The Morgan fingerprint density at radius 3 is 2.89 bits per heavy atom. The summed E-state index contributed by atoms with van der Waals surface area (Å²) in [7, 11) is 1.65. The minimum absolute atomic E-state index is 0.00655. The van der Waals surface area contributed by atoms with Gasteiger partial charge in [-0.1, -0.05) is 12.8 Å². The molecule has 0 aromatic rings. The Hall–Kier alpha value is -0.650. The number of hydrogen-bond donors (Lipinski definition) is 2. The molecule has 1 saturated carbocycles. The van der Waals surface area contributed by atoms with Crippen molar-refractivity contribution in [2.24, 2.45) is 5.92 Å². The normalized spacial score (nSPS) is 30.1. The maximum Gasteiger partial charge on any atom is 0.237 e. The number of hydrogen-bond acceptors (Lipinski definition) is 4. The van der Waals surface area contributed by atoms with E-state index in [1.54, 1.807) is 7.11 Å². The van der Waals surface area contributed by atoms with Gasteiger partial charge in [-0.3, -0.25) is 4.79 Å². The molecule has 3 unspecified atom stereocenters. The van der Waals surface area contributed by atoms with E-state index in [2.05, 4.69) is 10.6 Å². The van der Waals surface area contributed by atoms with Crippen LogP contribution in [0.3, 0.4) is 0 Å². The van der Waals surface area contributed by atoms with Gasteiger partial charge in [0.25, 0.3) is 0 Å². The highest BCUT2D eigenvalue weighted by Gasteiger charge is 2.37. The fraction of sp³-hybridized carbons (Fsp3) is 0.929. The third-order valence-electron chi connectivity index (χ3n) is 4.16. The molecular weight excluding hydrogens is 244 g/mol. The second-order valence-electron chi connectivity index (χ2n) is 5.50. The zero-order valence-corrected chi connectivity index (χ0v) is 11.8. The van der Waals surface area contributed by atoms with Crippen LogP contribution in [0.15, 0.2) is 0 Å². The summed E-state index contributed by atoms with van der Waals surface area (Å²) >= 11 is 0. The van der Waals surface area contributed by atoms with Gasteiger partial charge in [0.1, 0.15) is 0 Å². The number of rotatable bonds is 7. The van der Waals surface area contributed by atoms with Crippen molar-refractivity contribution in [2.45, 2.75) is 44.2 Å². The van der Waals surface area contributed by atoms with Crippen LogP contribution < -0.4 is 10.6 Å². The molecule has 1 heterocycles. The lowest BCUT2D eigenvalue weighted by atomic mass is 9.85. The molecule has 0 aromatic heterocycles. The second kappa shape index (κ2) is 7.82. The Balaban J connectivity index is 1.59. The van der Waals surface area contributed by atoms with Gasteiger partial charge >= 0.3 is 0 Å². The lowest BCUT2D eigenvalue weighted by Gasteiger charge is -2.24. The van der Waals surface area contributed by atoms with Crippen LogP contribution in [0.1, 0.15) is 32.1 Å². The van der Waals surface area contributed by atoms with E-state index in [1.807, 2.05) is 0 Å². The first-order chi connectivity index (χ1) is 9.31. The summed E-state index contributed by atoms with van der Waals surface area (Å²) in [4.78, 5) is 12.0. The molecule has 1 saturated heterocycles. The summed E-state index contributed by atoms with van der Waals surface area (Å²) in [6.45, 7) is 2.31. The number of methoxy groups -OCH3 is 1. The average molecular weight is 270 g/mol. The van der Waals surface area contributed by atoms with Gasteiger partial charge in [-0.05, 0) is 25.2 Å². The van der Waals surface area contributed by atoms with Crippen LogP contribution >= 0.6 is 0 Å². The van der Waals surface area contributed by atoms with Gasteiger partial charge in [0.2, 0.25) is 5.91 Å². The van der Waals surface area contributed by atoms with Crippen molar-refractivity contribution in [1.29, 1.82) is 0 Å². The molecule has 110 valence electrons.